The van der Waals surface area contributed by atoms with Gasteiger partial charge in [-0.15, -0.1) is 0 Å². The molecule has 3 amide bonds. The van der Waals surface area contributed by atoms with Crippen LogP contribution in [0.15, 0.2) is 6.07 Å². The number of amides is 3. The molecule has 0 bridgehead atoms. The van der Waals surface area contributed by atoms with E-state index >= 15 is 0 Å². The standard InChI is InChI=1S/C17H24N6O2/c1-17(2,3)22-10-12(6-15(22)24)9-19-16(25)21-4-5-23-14(11-21)7-13(8-18)20-23/h7,12H,4-6,9-11H2,1-3H3,(H,19,25)/t12-/m0/s1. The molecule has 134 valence electrons. The van der Waals surface area contributed by atoms with Gasteiger partial charge in [0.1, 0.15) is 6.07 Å². The number of hydrogen-bond acceptors (Lipinski definition) is 4. The number of hydrogen-bond donors (Lipinski definition) is 1. The van der Waals surface area contributed by atoms with E-state index in [2.05, 4.69) is 10.4 Å². The Labute approximate surface area is 147 Å². The van der Waals surface area contributed by atoms with Crippen molar-refractivity contribution in [2.45, 2.75) is 45.8 Å². The number of urea groups is 1. The van der Waals surface area contributed by atoms with E-state index in [0.29, 0.717) is 44.8 Å². The van der Waals surface area contributed by atoms with E-state index in [0.717, 1.165) is 5.69 Å². The molecule has 0 aliphatic carbocycles. The molecule has 2 aliphatic heterocycles. The van der Waals surface area contributed by atoms with Crippen molar-refractivity contribution in [2.75, 3.05) is 19.6 Å². The SMILES string of the molecule is CC(C)(C)N1C[C@H](CNC(=O)N2CCn3nc(C#N)cc3C2)CC1=O. The summed E-state index contributed by atoms with van der Waals surface area (Å²) >= 11 is 0. The van der Waals surface area contributed by atoms with Crippen molar-refractivity contribution in [3.63, 3.8) is 0 Å². The summed E-state index contributed by atoms with van der Waals surface area (Å²) in [6.07, 6.45) is 0.482. The van der Waals surface area contributed by atoms with Crippen molar-refractivity contribution in [3.05, 3.63) is 17.5 Å². The van der Waals surface area contributed by atoms with Crippen LogP contribution in [0.3, 0.4) is 0 Å². The van der Waals surface area contributed by atoms with Gasteiger partial charge < -0.3 is 15.1 Å². The van der Waals surface area contributed by atoms with Gasteiger partial charge in [0.05, 0.1) is 18.8 Å². The lowest BCUT2D eigenvalue weighted by atomic mass is 10.1. The number of rotatable bonds is 2. The van der Waals surface area contributed by atoms with Crippen molar-refractivity contribution < 1.29 is 9.59 Å². The van der Waals surface area contributed by atoms with Crippen LogP contribution in [0.25, 0.3) is 0 Å². The highest BCUT2D eigenvalue weighted by atomic mass is 16.2. The molecule has 0 radical (unpaired) electrons. The Balaban J connectivity index is 1.52. The molecule has 1 aromatic heterocycles. The molecule has 0 spiro atoms. The van der Waals surface area contributed by atoms with Crippen molar-refractivity contribution in [1.82, 2.24) is 24.9 Å². The molecule has 2 aliphatic rings. The molecule has 3 rings (SSSR count). The molecule has 1 N–H and O–H groups in total. The first kappa shape index (κ1) is 17.3. The maximum Gasteiger partial charge on any atom is 0.317 e. The zero-order valence-corrected chi connectivity index (χ0v) is 14.9. The number of fused-ring (bicyclic) bond motifs is 1. The second kappa shape index (κ2) is 6.39. The van der Waals surface area contributed by atoms with Gasteiger partial charge in [-0.2, -0.15) is 10.4 Å². The van der Waals surface area contributed by atoms with Crippen LogP contribution >= 0.6 is 0 Å². The molecular formula is C17H24N6O2. The third-order valence-corrected chi connectivity index (χ3v) is 4.76. The molecule has 1 saturated heterocycles. The summed E-state index contributed by atoms with van der Waals surface area (Å²) < 4.78 is 1.78. The van der Waals surface area contributed by atoms with Crippen LogP contribution in [0, 0.1) is 17.2 Å². The van der Waals surface area contributed by atoms with Crippen LogP contribution in [-0.2, 0) is 17.9 Å². The van der Waals surface area contributed by atoms with Crippen molar-refractivity contribution in [3.8, 4) is 6.07 Å². The summed E-state index contributed by atoms with van der Waals surface area (Å²) in [5.41, 5.74) is 1.07. The van der Waals surface area contributed by atoms with E-state index in [1.54, 1.807) is 15.6 Å². The predicted molar refractivity (Wildman–Crippen MR) is 90.3 cm³/mol. The van der Waals surface area contributed by atoms with Gasteiger partial charge >= 0.3 is 6.03 Å². The van der Waals surface area contributed by atoms with E-state index in [9.17, 15) is 9.59 Å². The fraction of sp³-hybridized carbons (Fsp3) is 0.647. The van der Waals surface area contributed by atoms with Gasteiger partial charge in [0.25, 0.3) is 0 Å². The Hall–Kier alpha value is -2.56. The average Bonchev–Trinajstić information content (AvgIpc) is 3.14. The van der Waals surface area contributed by atoms with Crippen LogP contribution in [0.5, 0.6) is 0 Å². The number of nitrogens with zero attached hydrogens (tertiary/aromatic N) is 5. The first-order chi connectivity index (χ1) is 11.8. The van der Waals surface area contributed by atoms with Crippen LogP contribution in [-0.4, -0.2) is 56.7 Å². The maximum absolute atomic E-state index is 12.4. The number of likely N-dealkylation sites (tertiary alicyclic amines) is 1. The molecule has 1 atom stereocenters. The first-order valence-corrected chi connectivity index (χ1v) is 8.58. The predicted octanol–water partition coefficient (Wildman–Crippen LogP) is 0.927. The largest absolute Gasteiger partial charge is 0.338 e. The topological polar surface area (TPSA) is 94.3 Å². The van der Waals surface area contributed by atoms with Gasteiger partial charge in [0.2, 0.25) is 5.91 Å². The van der Waals surface area contributed by atoms with Crippen LogP contribution in [0.1, 0.15) is 38.6 Å². The number of aromatic nitrogens is 2. The Kier molecular flexibility index (Phi) is 4.41. The highest BCUT2D eigenvalue weighted by Crippen LogP contribution is 2.25. The molecule has 1 fully saturated rings. The average molecular weight is 344 g/mol. The Morgan fingerprint density at radius 1 is 1.44 bits per heavy atom. The lowest BCUT2D eigenvalue weighted by Gasteiger charge is -2.32. The second-order valence-electron chi connectivity index (χ2n) is 7.71. The van der Waals surface area contributed by atoms with E-state index in [1.165, 1.54) is 0 Å². The van der Waals surface area contributed by atoms with E-state index in [4.69, 9.17) is 5.26 Å². The summed E-state index contributed by atoms with van der Waals surface area (Å²) in [5, 5.41) is 16.0. The highest BCUT2D eigenvalue weighted by molar-refractivity contribution is 5.80. The fourth-order valence-corrected chi connectivity index (χ4v) is 3.40. The van der Waals surface area contributed by atoms with E-state index in [1.807, 2.05) is 31.7 Å². The lowest BCUT2D eigenvalue weighted by Crippen LogP contribution is -2.46. The molecule has 8 heteroatoms. The Morgan fingerprint density at radius 3 is 2.84 bits per heavy atom. The first-order valence-electron chi connectivity index (χ1n) is 8.58. The third kappa shape index (κ3) is 3.60. The summed E-state index contributed by atoms with van der Waals surface area (Å²) in [4.78, 5) is 28.1. The highest BCUT2D eigenvalue weighted by Gasteiger charge is 2.36. The molecule has 25 heavy (non-hydrogen) atoms. The van der Waals surface area contributed by atoms with Gasteiger partial charge in [-0.25, -0.2) is 4.79 Å². The summed E-state index contributed by atoms with van der Waals surface area (Å²) in [6.45, 7) is 8.84. The minimum Gasteiger partial charge on any atom is -0.338 e. The van der Waals surface area contributed by atoms with Gasteiger partial charge in [-0.1, -0.05) is 0 Å². The molecule has 0 aromatic carbocycles. The Morgan fingerprint density at radius 2 is 2.20 bits per heavy atom. The normalized spacial score (nSPS) is 20.4. The van der Waals surface area contributed by atoms with Crippen LogP contribution < -0.4 is 5.32 Å². The summed E-state index contributed by atoms with van der Waals surface area (Å²) in [6, 6.07) is 3.61. The zero-order valence-electron chi connectivity index (χ0n) is 14.9. The minimum atomic E-state index is -0.181. The van der Waals surface area contributed by atoms with E-state index < -0.39 is 0 Å². The molecular weight excluding hydrogens is 320 g/mol. The van der Waals surface area contributed by atoms with Crippen molar-refractivity contribution in [1.29, 1.82) is 5.26 Å². The van der Waals surface area contributed by atoms with Crippen LogP contribution in [0.2, 0.25) is 0 Å². The summed E-state index contributed by atoms with van der Waals surface area (Å²) in [5.74, 6) is 0.300. The number of nitriles is 1. The number of nitrogens with one attached hydrogen (secondary N) is 1. The smallest absolute Gasteiger partial charge is 0.317 e. The van der Waals surface area contributed by atoms with E-state index in [-0.39, 0.29) is 23.4 Å². The monoisotopic (exact) mass is 344 g/mol. The molecule has 8 nitrogen and oxygen atoms in total. The van der Waals surface area contributed by atoms with Gasteiger partial charge in [0, 0.05) is 37.5 Å². The van der Waals surface area contributed by atoms with Gasteiger partial charge in [-0.05, 0) is 26.8 Å². The van der Waals surface area contributed by atoms with Gasteiger partial charge in [-0.3, -0.25) is 9.48 Å². The second-order valence-corrected chi connectivity index (χ2v) is 7.71. The molecule has 0 unspecified atom stereocenters. The van der Waals surface area contributed by atoms with Crippen LogP contribution in [0.4, 0.5) is 4.79 Å². The third-order valence-electron chi connectivity index (χ3n) is 4.76. The van der Waals surface area contributed by atoms with Crippen molar-refractivity contribution in [2.24, 2.45) is 5.92 Å². The van der Waals surface area contributed by atoms with Gasteiger partial charge in [0.15, 0.2) is 5.69 Å². The maximum atomic E-state index is 12.4. The minimum absolute atomic E-state index is 0.132. The Bertz CT molecular complexity index is 726. The zero-order chi connectivity index (χ0) is 18.2. The lowest BCUT2D eigenvalue weighted by molar-refractivity contribution is -0.131. The van der Waals surface area contributed by atoms with Crippen molar-refractivity contribution >= 4 is 11.9 Å². The molecule has 1 aromatic rings. The molecule has 0 saturated carbocycles. The quantitative estimate of drug-likeness (QED) is 0.863. The number of carbonyl (C=O) groups is 2. The summed E-state index contributed by atoms with van der Waals surface area (Å²) in [7, 11) is 0. The number of carbonyl (C=O) groups excluding carboxylic acids is 2. The fourth-order valence-electron chi connectivity index (χ4n) is 3.40. The molecule has 3 heterocycles.